The van der Waals surface area contributed by atoms with Crippen LogP contribution in [-0.2, 0) is 47.4 Å². The van der Waals surface area contributed by atoms with Crippen LogP contribution in [0.1, 0.15) is 136 Å². The Morgan fingerprint density at radius 3 is 1.52 bits per heavy atom. The van der Waals surface area contributed by atoms with Crippen molar-refractivity contribution < 1.29 is 96.9 Å². The second-order valence-corrected chi connectivity index (χ2v) is 24.3. The summed E-state index contributed by atoms with van der Waals surface area (Å²) in [5.74, 6) is -0.977. The summed E-state index contributed by atoms with van der Waals surface area (Å²) < 4.78 is 53.5. The summed E-state index contributed by atoms with van der Waals surface area (Å²) in [7, 11) is 0. The number of hydrogen-bond donors (Lipinski definition) is 12. The van der Waals surface area contributed by atoms with Crippen LogP contribution in [0.25, 0.3) is 0 Å². The number of nitrogens with one attached hydrogen (secondary N) is 7. The van der Waals surface area contributed by atoms with Crippen molar-refractivity contribution >= 4 is 36.4 Å². The molecule has 2 aliphatic heterocycles. The van der Waals surface area contributed by atoms with Crippen molar-refractivity contribution in [3.05, 3.63) is 0 Å². The minimum Gasteiger partial charge on any atom is -0.444 e. The third kappa shape index (κ3) is 24.1. The topological polar surface area (TPSA) is 371 Å². The maximum Gasteiger partial charge on any atom is 0.408 e. The first-order valence-electron chi connectivity index (χ1n) is 26.2. The summed E-state index contributed by atoms with van der Waals surface area (Å²) in [5.41, 5.74) is -4.61. The molecule has 6 amide bonds. The fraction of sp³-hybridized carbons (Fsp3) is 0.880. The van der Waals surface area contributed by atoms with Gasteiger partial charge in [-0.05, 0) is 143 Å². The summed E-state index contributed by atoms with van der Waals surface area (Å²) in [6, 6.07) is -6.34. The average Bonchev–Trinajstić information content (AvgIpc) is 3.24. The van der Waals surface area contributed by atoms with E-state index in [1.165, 1.54) is 0 Å². The molecule has 2 heterocycles. The van der Waals surface area contributed by atoms with E-state index >= 15 is 0 Å². The number of aliphatic hydroxyl groups is 5. The van der Waals surface area contributed by atoms with Crippen LogP contribution in [0, 0.1) is 0 Å². The van der Waals surface area contributed by atoms with Crippen molar-refractivity contribution in [1.82, 2.24) is 37.2 Å². The van der Waals surface area contributed by atoms with Crippen molar-refractivity contribution in [2.45, 2.75) is 249 Å². The van der Waals surface area contributed by atoms with Gasteiger partial charge in [0.25, 0.3) is 0 Å². The van der Waals surface area contributed by atoms with Crippen LogP contribution in [-0.4, -0.2) is 208 Å². The maximum absolute atomic E-state index is 14.1. The summed E-state index contributed by atoms with van der Waals surface area (Å²) >= 11 is 0. The van der Waals surface area contributed by atoms with Gasteiger partial charge in [0.05, 0.1) is 55.1 Å². The van der Waals surface area contributed by atoms with Crippen LogP contribution in [0.5, 0.6) is 0 Å². The molecule has 14 atom stereocenters. The number of ether oxygens (including phenoxy) is 9. The largest absolute Gasteiger partial charge is 0.444 e. The Morgan fingerprint density at radius 2 is 1.01 bits per heavy atom. The molecular formula is C50H91N7O20. The predicted molar refractivity (Wildman–Crippen MR) is 274 cm³/mol. The highest BCUT2D eigenvalue weighted by Crippen LogP contribution is 2.34. The summed E-state index contributed by atoms with van der Waals surface area (Å²) in [5, 5.41) is 74.3. The molecule has 3 rings (SSSR count). The van der Waals surface area contributed by atoms with E-state index in [1.54, 1.807) is 104 Å². The molecule has 77 heavy (non-hydrogen) atoms. The van der Waals surface area contributed by atoms with Gasteiger partial charge in [-0.15, -0.1) is 0 Å². The quantitative estimate of drug-likeness (QED) is 0.0642. The monoisotopic (exact) mass is 1110 g/mol. The zero-order valence-electron chi connectivity index (χ0n) is 47.5. The van der Waals surface area contributed by atoms with Crippen molar-refractivity contribution in [3.8, 4) is 0 Å². The average molecular weight is 1110 g/mol. The van der Waals surface area contributed by atoms with Crippen LogP contribution in [0.4, 0.5) is 24.0 Å². The number of aliphatic hydroxyl groups excluding tert-OH is 5. The third-order valence-electron chi connectivity index (χ3n) is 11.3. The molecule has 0 aromatic rings. The molecule has 2 saturated heterocycles. The molecule has 0 spiro atoms. The van der Waals surface area contributed by atoms with Gasteiger partial charge in [0.15, 0.2) is 12.6 Å². The maximum atomic E-state index is 14.1. The van der Waals surface area contributed by atoms with Crippen molar-refractivity contribution in [2.24, 2.45) is 0 Å². The zero-order valence-corrected chi connectivity index (χ0v) is 47.5. The van der Waals surface area contributed by atoms with Crippen molar-refractivity contribution in [3.63, 3.8) is 0 Å². The molecule has 1 saturated carbocycles. The van der Waals surface area contributed by atoms with Crippen LogP contribution < -0.4 is 37.2 Å². The highest BCUT2D eigenvalue weighted by molar-refractivity contribution is 5.81. The van der Waals surface area contributed by atoms with E-state index in [-0.39, 0.29) is 58.3 Å². The number of rotatable bonds is 19. The fourth-order valence-corrected chi connectivity index (χ4v) is 8.31. The third-order valence-corrected chi connectivity index (χ3v) is 11.3. The van der Waals surface area contributed by atoms with Crippen LogP contribution >= 0.6 is 0 Å². The molecule has 12 N–H and O–H groups in total. The van der Waals surface area contributed by atoms with Crippen LogP contribution in [0.2, 0.25) is 0 Å². The van der Waals surface area contributed by atoms with Gasteiger partial charge in [0.1, 0.15) is 52.4 Å². The lowest BCUT2D eigenvalue weighted by atomic mass is 9.81. The first-order valence-corrected chi connectivity index (χ1v) is 26.2. The molecule has 0 radical (unpaired) electrons. The van der Waals surface area contributed by atoms with Crippen molar-refractivity contribution in [1.29, 1.82) is 0 Å². The molecule has 3 aliphatic rings. The highest BCUT2D eigenvalue weighted by Gasteiger charge is 2.54. The summed E-state index contributed by atoms with van der Waals surface area (Å²) in [6.07, 6.45) is -18.1. The number of carbonyl (C=O) groups excluding carboxylic acids is 6. The number of alkyl carbamates (subject to hydrolysis) is 5. The lowest BCUT2D eigenvalue weighted by Crippen LogP contribution is -2.73. The van der Waals surface area contributed by atoms with Gasteiger partial charge in [-0.1, -0.05) is 0 Å². The fourth-order valence-electron chi connectivity index (χ4n) is 8.31. The Bertz CT molecular complexity index is 1920. The van der Waals surface area contributed by atoms with Gasteiger partial charge in [0.2, 0.25) is 5.91 Å². The number of carbonyl (C=O) groups is 6. The number of amides is 6. The van der Waals surface area contributed by atoms with E-state index in [2.05, 4.69) is 37.2 Å². The van der Waals surface area contributed by atoms with Gasteiger partial charge in [-0.3, -0.25) is 4.79 Å². The summed E-state index contributed by atoms with van der Waals surface area (Å²) in [4.78, 5) is 79.7. The molecule has 0 aromatic carbocycles. The molecule has 6 unspecified atom stereocenters. The Labute approximate surface area is 451 Å². The van der Waals surface area contributed by atoms with Gasteiger partial charge < -0.3 is 105 Å². The molecule has 3 fully saturated rings. The molecule has 27 nitrogen and oxygen atoms in total. The molecule has 0 aromatic heterocycles. The van der Waals surface area contributed by atoms with Crippen LogP contribution in [0.3, 0.4) is 0 Å². The van der Waals surface area contributed by atoms with E-state index < -0.39 is 157 Å². The molecule has 446 valence electrons. The summed E-state index contributed by atoms with van der Waals surface area (Å²) in [6.45, 7) is 23.4. The smallest absolute Gasteiger partial charge is 0.408 e. The first kappa shape index (κ1) is 66.7. The Kier molecular flexibility index (Phi) is 24.7. The zero-order chi connectivity index (χ0) is 58.4. The molecule has 0 bridgehead atoms. The number of hydrogen-bond acceptors (Lipinski definition) is 21. The normalized spacial score (nSPS) is 28.6. The molecule has 1 aliphatic carbocycles. The minimum atomic E-state index is -1.92. The second kappa shape index (κ2) is 28.5. The van der Waals surface area contributed by atoms with Crippen molar-refractivity contribution in [2.75, 3.05) is 32.8 Å². The lowest BCUT2D eigenvalue weighted by Gasteiger charge is -2.51. The van der Waals surface area contributed by atoms with Gasteiger partial charge >= 0.3 is 30.5 Å². The van der Waals surface area contributed by atoms with Gasteiger partial charge in [-0.2, -0.15) is 0 Å². The van der Waals surface area contributed by atoms with Crippen LogP contribution in [0.15, 0.2) is 0 Å². The van der Waals surface area contributed by atoms with E-state index in [0.717, 1.165) is 0 Å². The predicted octanol–water partition coefficient (Wildman–Crippen LogP) is 1.41. The van der Waals surface area contributed by atoms with Gasteiger partial charge in [0, 0.05) is 19.7 Å². The standard InChI is InChI=1S/C50H91N7O20/c1-46(2,3)73-41(64)52-21-19-30(60)38(63)54-28-23-29(56-44(67)76-49(10,11)12)37(71-39-27(55-43(66)75-48(7,8)9)18-17-26(69-39)24-53-42(65)74-47(4,5)6)33(51-20-16-22-58)36(28)72-40-35(62)32(34(61)31(25-59)70-40)57-45(68)77-50(13,14)15/h26-37,39-40,51,58-62H,16-25H2,1-15H3,(H,52,64)(H,53,65)(H,54,63)(H,55,66)(H,56,67)(H,57,68)/t26?,27?,28-,29+,30+,31?,32+,33?,34-,35?,36+,37?,39-,40-/m1/s1. The Morgan fingerprint density at radius 1 is 0.545 bits per heavy atom. The Hall–Kier alpha value is -4.58. The molecule has 27 heteroatoms. The van der Waals surface area contributed by atoms with E-state index in [0.29, 0.717) is 0 Å². The van der Waals surface area contributed by atoms with E-state index in [9.17, 15) is 54.3 Å². The minimum absolute atomic E-state index is 0.00208. The highest BCUT2D eigenvalue weighted by atomic mass is 16.7. The molecular weight excluding hydrogens is 1020 g/mol. The second-order valence-electron chi connectivity index (χ2n) is 24.3. The van der Waals surface area contributed by atoms with E-state index in [4.69, 9.17) is 42.6 Å². The Balaban J connectivity index is 2.24. The first-order chi connectivity index (χ1) is 35.4. The van der Waals surface area contributed by atoms with E-state index in [1.807, 2.05) is 0 Å². The SMILES string of the molecule is CC(C)(C)OC(=O)NCC[C@H](O)C(=O)N[C@@H]1C[C@H](NC(=O)OC(C)(C)C)C(O[C@H]2OC(CNC(=O)OC(C)(C)C)CCC2NC(=O)OC(C)(C)C)C(NCCCO)[C@H]1O[C@H]1OC(CO)[C@@H](O)[C@H](NC(=O)OC(C)(C)C)C1O. The van der Waals surface area contributed by atoms with Gasteiger partial charge in [-0.25, -0.2) is 24.0 Å². The lowest BCUT2D eigenvalue weighted by molar-refractivity contribution is -0.306.